The number of benzene rings is 1. The molecule has 0 bridgehead atoms. The smallest absolute Gasteiger partial charge is 0.162 e. The Kier molecular flexibility index (Phi) is 5.11. The number of halogens is 2. The second-order valence-electron chi connectivity index (χ2n) is 5.59. The van der Waals surface area contributed by atoms with E-state index in [1.54, 1.807) is 19.2 Å². The molecule has 1 aliphatic carbocycles. The van der Waals surface area contributed by atoms with Gasteiger partial charge in [-0.05, 0) is 37.9 Å². The zero-order chi connectivity index (χ0) is 14.6. The van der Waals surface area contributed by atoms with Crippen molar-refractivity contribution in [3.63, 3.8) is 0 Å². The van der Waals surface area contributed by atoms with Crippen LogP contribution >= 0.6 is 0 Å². The highest BCUT2D eigenvalue weighted by Crippen LogP contribution is 2.35. The highest BCUT2D eigenvalue weighted by molar-refractivity contribution is 5.21. The molecule has 0 spiro atoms. The van der Waals surface area contributed by atoms with E-state index >= 15 is 0 Å². The molecule has 0 radical (unpaired) electrons. The average molecular weight is 283 g/mol. The first-order valence-electron chi connectivity index (χ1n) is 7.28. The molecule has 0 aromatic heterocycles. The van der Waals surface area contributed by atoms with E-state index in [4.69, 9.17) is 4.74 Å². The van der Waals surface area contributed by atoms with Gasteiger partial charge in [0.15, 0.2) is 11.6 Å². The van der Waals surface area contributed by atoms with Crippen molar-refractivity contribution in [2.45, 2.75) is 50.2 Å². The van der Waals surface area contributed by atoms with Gasteiger partial charge in [-0.1, -0.05) is 31.4 Å². The third kappa shape index (κ3) is 3.01. The molecular formula is C16H23F2NO. The summed E-state index contributed by atoms with van der Waals surface area (Å²) in [7, 11) is 3.58. The minimum atomic E-state index is -0.785. The topological polar surface area (TPSA) is 21.3 Å². The highest BCUT2D eigenvalue weighted by atomic mass is 19.2. The molecule has 1 N–H and O–H groups in total. The van der Waals surface area contributed by atoms with E-state index in [1.807, 2.05) is 7.05 Å². The van der Waals surface area contributed by atoms with Gasteiger partial charge in [0, 0.05) is 13.2 Å². The van der Waals surface area contributed by atoms with Crippen LogP contribution in [0.3, 0.4) is 0 Å². The predicted octanol–water partition coefficient (Wildman–Crippen LogP) is 3.44. The van der Waals surface area contributed by atoms with Crippen LogP contribution < -0.4 is 5.32 Å². The van der Waals surface area contributed by atoms with Crippen LogP contribution in [0.25, 0.3) is 0 Å². The summed E-state index contributed by atoms with van der Waals surface area (Å²) in [4.78, 5) is 0. The molecule has 0 saturated heterocycles. The molecule has 0 heterocycles. The van der Waals surface area contributed by atoms with Gasteiger partial charge in [0.25, 0.3) is 0 Å². The summed E-state index contributed by atoms with van der Waals surface area (Å²) < 4.78 is 33.0. The summed E-state index contributed by atoms with van der Waals surface area (Å²) in [5.41, 5.74) is 0.137. The van der Waals surface area contributed by atoms with E-state index in [-0.39, 0.29) is 11.6 Å². The quantitative estimate of drug-likeness (QED) is 0.893. The Morgan fingerprint density at radius 1 is 1.25 bits per heavy atom. The van der Waals surface area contributed by atoms with Crippen molar-refractivity contribution in [2.24, 2.45) is 0 Å². The van der Waals surface area contributed by atoms with Gasteiger partial charge >= 0.3 is 0 Å². The van der Waals surface area contributed by atoms with Crippen LogP contribution in [0.15, 0.2) is 18.2 Å². The summed E-state index contributed by atoms with van der Waals surface area (Å²) >= 11 is 0. The molecule has 0 amide bonds. The van der Waals surface area contributed by atoms with Gasteiger partial charge in [-0.25, -0.2) is 8.78 Å². The number of nitrogens with one attached hydrogen (secondary N) is 1. The van der Waals surface area contributed by atoms with Gasteiger partial charge in [-0.2, -0.15) is 0 Å². The molecule has 1 aliphatic rings. The number of hydrogen-bond donors (Lipinski definition) is 1. The third-order valence-corrected chi connectivity index (χ3v) is 4.55. The SMILES string of the molecule is CNC(Cc1cccc(F)c1F)C1(OC)CCCCC1. The maximum Gasteiger partial charge on any atom is 0.162 e. The van der Waals surface area contributed by atoms with Crippen LogP contribution in [0.2, 0.25) is 0 Å². The van der Waals surface area contributed by atoms with E-state index in [2.05, 4.69) is 5.32 Å². The Hall–Kier alpha value is -1.00. The van der Waals surface area contributed by atoms with E-state index < -0.39 is 11.6 Å². The molecule has 1 fully saturated rings. The molecule has 2 nitrogen and oxygen atoms in total. The fourth-order valence-electron chi connectivity index (χ4n) is 3.32. The lowest BCUT2D eigenvalue weighted by Gasteiger charge is -2.42. The summed E-state index contributed by atoms with van der Waals surface area (Å²) in [6, 6.07) is 4.35. The number of likely N-dealkylation sites (N-methyl/N-ethyl adjacent to an activating group) is 1. The van der Waals surface area contributed by atoms with Gasteiger partial charge in [0.05, 0.1) is 5.60 Å². The van der Waals surface area contributed by atoms with Crippen molar-refractivity contribution in [1.82, 2.24) is 5.32 Å². The van der Waals surface area contributed by atoms with Crippen molar-refractivity contribution >= 4 is 0 Å². The predicted molar refractivity (Wildman–Crippen MR) is 75.7 cm³/mol. The summed E-state index contributed by atoms with van der Waals surface area (Å²) in [5.74, 6) is -1.53. The monoisotopic (exact) mass is 283 g/mol. The van der Waals surface area contributed by atoms with Crippen LogP contribution in [-0.4, -0.2) is 25.8 Å². The fourth-order valence-corrected chi connectivity index (χ4v) is 3.32. The van der Waals surface area contributed by atoms with Crippen LogP contribution in [0, 0.1) is 11.6 Å². The molecule has 1 atom stereocenters. The van der Waals surface area contributed by atoms with Gasteiger partial charge in [-0.3, -0.25) is 0 Å². The second kappa shape index (κ2) is 6.64. The summed E-state index contributed by atoms with van der Waals surface area (Å²) in [6.07, 6.45) is 5.83. The maximum absolute atomic E-state index is 13.9. The minimum Gasteiger partial charge on any atom is -0.377 e. The Balaban J connectivity index is 2.21. The molecule has 1 aromatic rings. The molecule has 2 rings (SSSR count). The van der Waals surface area contributed by atoms with Crippen molar-refractivity contribution in [2.75, 3.05) is 14.2 Å². The molecular weight excluding hydrogens is 260 g/mol. The minimum absolute atomic E-state index is 0.0101. The summed E-state index contributed by atoms with van der Waals surface area (Å²) in [6.45, 7) is 0. The molecule has 4 heteroatoms. The van der Waals surface area contributed by atoms with Crippen LogP contribution in [0.1, 0.15) is 37.7 Å². The first-order valence-corrected chi connectivity index (χ1v) is 7.28. The largest absolute Gasteiger partial charge is 0.377 e. The zero-order valence-corrected chi connectivity index (χ0v) is 12.2. The van der Waals surface area contributed by atoms with Gasteiger partial charge in [-0.15, -0.1) is 0 Å². The lowest BCUT2D eigenvalue weighted by Crippen LogP contribution is -2.53. The van der Waals surface area contributed by atoms with Gasteiger partial charge < -0.3 is 10.1 Å². The van der Waals surface area contributed by atoms with Gasteiger partial charge in [0.1, 0.15) is 0 Å². The lowest BCUT2D eigenvalue weighted by atomic mass is 9.77. The Labute approximate surface area is 119 Å². The number of ether oxygens (including phenoxy) is 1. The Morgan fingerprint density at radius 3 is 2.55 bits per heavy atom. The van der Waals surface area contributed by atoms with Crippen molar-refractivity contribution in [1.29, 1.82) is 0 Å². The van der Waals surface area contributed by atoms with Crippen LogP contribution in [0.4, 0.5) is 8.78 Å². The standard InChI is InChI=1S/C16H23F2NO/c1-19-14(16(20-2)9-4-3-5-10-16)11-12-7-6-8-13(17)15(12)18/h6-8,14,19H,3-5,9-11H2,1-2H3. The molecule has 0 aliphatic heterocycles. The van der Waals surface area contributed by atoms with E-state index in [1.165, 1.54) is 6.42 Å². The third-order valence-electron chi connectivity index (χ3n) is 4.55. The molecule has 1 unspecified atom stereocenters. The summed E-state index contributed by atoms with van der Waals surface area (Å²) in [5, 5.41) is 3.24. The Morgan fingerprint density at radius 2 is 1.95 bits per heavy atom. The lowest BCUT2D eigenvalue weighted by molar-refractivity contribution is -0.0658. The molecule has 1 aromatic carbocycles. The second-order valence-corrected chi connectivity index (χ2v) is 5.59. The number of methoxy groups -OCH3 is 1. The molecule has 20 heavy (non-hydrogen) atoms. The zero-order valence-electron chi connectivity index (χ0n) is 12.2. The highest BCUT2D eigenvalue weighted by Gasteiger charge is 2.39. The Bertz CT molecular complexity index is 444. The van der Waals surface area contributed by atoms with Gasteiger partial charge in [0.2, 0.25) is 0 Å². The van der Waals surface area contributed by atoms with Crippen LogP contribution in [0.5, 0.6) is 0 Å². The number of hydrogen-bond acceptors (Lipinski definition) is 2. The average Bonchev–Trinajstić information content (AvgIpc) is 2.49. The molecule has 112 valence electrons. The van der Waals surface area contributed by atoms with Crippen molar-refractivity contribution in [3.8, 4) is 0 Å². The number of rotatable bonds is 5. The van der Waals surface area contributed by atoms with E-state index in [0.29, 0.717) is 12.0 Å². The van der Waals surface area contributed by atoms with Crippen molar-refractivity contribution < 1.29 is 13.5 Å². The fraction of sp³-hybridized carbons (Fsp3) is 0.625. The van der Waals surface area contributed by atoms with E-state index in [0.717, 1.165) is 31.7 Å². The molecule has 1 saturated carbocycles. The first-order chi connectivity index (χ1) is 9.63. The normalized spacial score (nSPS) is 19.8. The maximum atomic E-state index is 13.9. The van der Waals surface area contributed by atoms with Crippen LogP contribution in [-0.2, 0) is 11.2 Å². The van der Waals surface area contributed by atoms with E-state index in [9.17, 15) is 8.78 Å². The van der Waals surface area contributed by atoms with Crippen molar-refractivity contribution in [3.05, 3.63) is 35.4 Å². The first kappa shape index (κ1) is 15.4.